The molecule has 0 amide bonds. The highest BCUT2D eigenvalue weighted by atomic mass is 32.2. The number of sulfonamides is 1. The van der Waals surface area contributed by atoms with Gasteiger partial charge in [0.05, 0.1) is 4.99 Å². The van der Waals surface area contributed by atoms with Crippen molar-refractivity contribution >= 4 is 38.6 Å². The van der Waals surface area contributed by atoms with Gasteiger partial charge in [0, 0.05) is 24.5 Å². The topological polar surface area (TPSA) is 75.4 Å². The minimum atomic E-state index is -3.50. The lowest BCUT2D eigenvalue weighted by Crippen LogP contribution is -2.29. The Hall–Kier alpha value is -1.34. The van der Waals surface area contributed by atoms with Gasteiger partial charge in [-0.2, -0.15) is 0 Å². The number of anilines is 2. The SMILES string of the molecule is NC(=S)CS(=O)(=O)Nc1ccc(N2CCCCC2)cc1. The van der Waals surface area contributed by atoms with E-state index in [9.17, 15) is 8.42 Å². The predicted octanol–water partition coefficient (Wildman–Crippen LogP) is 1.70. The highest BCUT2D eigenvalue weighted by Crippen LogP contribution is 2.22. The molecule has 0 bridgehead atoms. The van der Waals surface area contributed by atoms with Crippen molar-refractivity contribution in [3.8, 4) is 0 Å². The molecule has 1 fully saturated rings. The third-order valence-corrected chi connectivity index (χ3v) is 4.76. The minimum Gasteiger partial charge on any atom is -0.392 e. The zero-order valence-corrected chi connectivity index (χ0v) is 12.8. The summed E-state index contributed by atoms with van der Waals surface area (Å²) in [6, 6.07) is 7.40. The molecule has 2 rings (SSSR count). The van der Waals surface area contributed by atoms with Crippen molar-refractivity contribution < 1.29 is 8.42 Å². The average molecular weight is 313 g/mol. The van der Waals surface area contributed by atoms with E-state index in [0.29, 0.717) is 5.69 Å². The Bertz CT molecular complexity index is 564. The average Bonchev–Trinajstić information content (AvgIpc) is 2.38. The van der Waals surface area contributed by atoms with Crippen LogP contribution in [0.3, 0.4) is 0 Å². The molecule has 0 saturated carbocycles. The van der Waals surface area contributed by atoms with Gasteiger partial charge in [-0.1, -0.05) is 12.2 Å². The molecule has 1 saturated heterocycles. The number of benzene rings is 1. The molecule has 1 aromatic carbocycles. The number of nitrogens with two attached hydrogens (primary N) is 1. The monoisotopic (exact) mass is 313 g/mol. The summed E-state index contributed by atoms with van der Waals surface area (Å²) in [6.45, 7) is 2.12. The van der Waals surface area contributed by atoms with Crippen LogP contribution in [0.4, 0.5) is 11.4 Å². The summed E-state index contributed by atoms with van der Waals surface area (Å²) in [7, 11) is -3.50. The van der Waals surface area contributed by atoms with Gasteiger partial charge in [0.15, 0.2) is 0 Å². The molecule has 1 aliphatic heterocycles. The summed E-state index contributed by atoms with van der Waals surface area (Å²) in [4.78, 5) is 2.28. The van der Waals surface area contributed by atoms with Crippen LogP contribution < -0.4 is 15.4 Å². The summed E-state index contributed by atoms with van der Waals surface area (Å²) in [5, 5.41) is 0. The van der Waals surface area contributed by atoms with Crippen LogP contribution in [0.25, 0.3) is 0 Å². The lowest BCUT2D eigenvalue weighted by molar-refractivity contribution is 0.578. The molecule has 5 nitrogen and oxygen atoms in total. The van der Waals surface area contributed by atoms with Crippen molar-refractivity contribution in [1.29, 1.82) is 0 Å². The highest BCUT2D eigenvalue weighted by molar-refractivity contribution is 7.95. The number of nitrogens with zero attached hydrogens (tertiary/aromatic N) is 1. The molecule has 0 unspecified atom stereocenters. The van der Waals surface area contributed by atoms with Gasteiger partial charge in [-0.15, -0.1) is 0 Å². The first kappa shape index (κ1) is 15.1. The fraction of sp³-hybridized carbons (Fsp3) is 0.462. The van der Waals surface area contributed by atoms with Gasteiger partial charge in [0.2, 0.25) is 10.0 Å². The van der Waals surface area contributed by atoms with E-state index in [1.807, 2.05) is 12.1 Å². The van der Waals surface area contributed by atoms with E-state index in [4.69, 9.17) is 5.73 Å². The molecule has 0 atom stereocenters. The first-order valence-electron chi connectivity index (χ1n) is 6.60. The molecule has 3 N–H and O–H groups in total. The van der Waals surface area contributed by atoms with E-state index in [1.165, 1.54) is 19.3 Å². The van der Waals surface area contributed by atoms with E-state index in [2.05, 4.69) is 21.8 Å². The number of rotatable bonds is 5. The van der Waals surface area contributed by atoms with Crippen LogP contribution in [0.1, 0.15) is 19.3 Å². The number of piperidine rings is 1. The maximum atomic E-state index is 11.7. The van der Waals surface area contributed by atoms with Gasteiger partial charge in [0.1, 0.15) is 5.75 Å². The van der Waals surface area contributed by atoms with Crippen molar-refractivity contribution in [3.63, 3.8) is 0 Å². The molecule has 7 heteroatoms. The standard InChI is InChI=1S/C13H19N3O2S2/c14-13(19)10-20(17,18)15-11-4-6-12(7-5-11)16-8-2-1-3-9-16/h4-7,15H,1-3,8-10H2,(H2,14,19). The van der Waals surface area contributed by atoms with Crippen LogP contribution in [0, 0.1) is 0 Å². The van der Waals surface area contributed by atoms with Gasteiger partial charge in [0.25, 0.3) is 0 Å². The molecule has 1 aliphatic rings. The smallest absolute Gasteiger partial charge is 0.239 e. The second-order valence-electron chi connectivity index (χ2n) is 4.92. The van der Waals surface area contributed by atoms with Gasteiger partial charge < -0.3 is 10.6 Å². The zero-order chi connectivity index (χ0) is 14.6. The Morgan fingerprint density at radius 2 is 1.80 bits per heavy atom. The fourth-order valence-electron chi connectivity index (χ4n) is 2.30. The van der Waals surface area contributed by atoms with Crippen LogP contribution in [0.2, 0.25) is 0 Å². The fourth-order valence-corrected chi connectivity index (χ4v) is 3.70. The second kappa shape index (κ2) is 6.41. The molecule has 0 spiro atoms. The third-order valence-electron chi connectivity index (χ3n) is 3.19. The molecule has 1 aromatic rings. The first-order chi connectivity index (χ1) is 9.46. The van der Waals surface area contributed by atoms with Crippen LogP contribution >= 0.6 is 12.2 Å². The lowest BCUT2D eigenvalue weighted by Gasteiger charge is -2.28. The normalized spacial score (nSPS) is 15.9. The summed E-state index contributed by atoms with van der Waals surface area (Å²) in [6.07, 6.45) is 3.71. The quantitative estimate of drug-likeness (QED) is 0.809. The summed E-state index contributed by atoms with van der Waals surface area (Å²) < 4.78 is 25.9. The first-order valence-corrected chi connectivity index (χ1v) is 8.66. The van der Waals surface area contributed by atoms with Crippen molar-refractivity contribution in [3.05, 3.63) is 24.3 Å². The largest absolute Gasteiger partial charge is 0.392 e. The Labute approximate surface area is 125 Å². The molecular formula is C13H19N3O2S2. The lowest BCUT2D eigenvalue weighted by atomic mass is 10.1. The summed E-state index contributed by atoms with van der Waals surface area (Å²) >= 11 is 4.62. The summed E-state index contributed by atoms with van der Waals surface area (Å²) in [5.41, 5.74) is 6.92. The van der Waals surface area contributed by atoms with Gasteiger partial charge >= 0.3 is 0 Å². The van der Waals surface area contributed by atoms with Crippen molar-refractivity contribution in [2.75, 3.05) is 28.5 Å². The molecule has 20 heavy (non-hydrogen) atoms. The molecular weight excluding hydrogens is 294 g/mol. The van der Waals surface area contributed by atoms with Gasteiger partial charge in [-0.3, -0.25) is 4.72 Å². The number of hydrogen-bond donors (Lipinski definition) is 2. The Morgan fingerprint density at radius 1 is 1.20 bits per heavy atom. The molecule has 0 aromatic heterocycles. The van der Waals surface area contributed by atoms with E-state index in [1.54, 1.807) is 12.1 Å². The maximum Gasteiger partial charge on any atom is 0.239 e. The number of nitrogens with one attached hydrogen (secondary N) is 1. The van der Waals surface area contributed by atoms with Crippen LogP contribution in [0.5, 0.6) is 0 Å². The number of thiocarbonyl (C=S) groups is 1. The molecule has 0 aliphatic carbocycles. The second-order valence-corrected chi connectivity index (χ2v) is 7.17. The van der Waals surface area contributed by atoms with Gasteiger partial charge in [-0.05, 0) is 43.5 Å². The Balaban J connectivity index is 2.02. The third kappa shape index (κ3) is 4.35. The van der Waals surface area contributed by atoms with Crippen molar-refractivity contribution in [1.82, 2.24) is 0 Å². The van der Waals surface area contributed by atoms with E-state index in [0.717, 1.165) is 18.8 Å². The van der Waals surface area contributed by atoms with Crippen LogP contribution in [0.15, 0.2) is 24.3 Å². The highest BCUT2D eigenvalue weighted by Gasteiger charge is 2.13. The van der Waals surface area contributed by atoms with Crippen molar-refractivity contribution in [2.24, 2.45) is 5.73 Å². The molecule has 1 heterocycles. The van der Waals surface area contributed by atoms with Crippen LogP contribution in [-0.2, 0) is 10.0 Å². The zero-order valence-electron chi connectivity index (χ0n) is 11.2. The van der Waals surface area contributed by atoms with E-state index >= 15 is 0 Å². The van der Waals surface area contributed by atoms with Gasteiger partial charge in [-0.25, -0.2) is 8.42 Å². The van der Waals surface area contributed by atoms with E-state index < -0.39 is 10.0 Å². The summed E-state index contributed by atoms with van der Waals surface area (Å²) in [5.74, 6) is -0.337. The molecule has 0 radical (unpaired) electrons. The van der Waals surface area contributed by atoms with E-state index in [-0.39, 0.29) is 10.7 Å². The predicted molar refractivity (Wildman–Crippen MR) is 86.7 cm³/mol. The Kier molecular flexibility index (Phi) is 4.82. The maximum absolute atomic E-state index is 11.7. The number of hydrogen-bond acceptors (Lipinski definition) is 4. The minimum absolute atomic E-state index is 0.0394. The molecule has 110 valence electrons. The van der Waals surface area contributed by atoms with Crippen molar-refractivity contribution in [2.45, 2.75) is 19.3 Å². The Morgan fingerprint density at radius 3 is 2.35 bits per heavy atom. The van der Waals surface area contributed by atoms with Crippen LogP contribution in [-0.4, -0.2) is 32.2 Å².